The number of hydrogen-bond donors (Lipinski definition) is 1. The molecule has 106 valence electrons. The topological polar surface area (TPSA) is 46.9 Å². The van der Waals surface area contributed by atoms with Gasteiger partial charge in [-0.2, -0.15) is 5.10 Å². The molecule has 1 N–H and O–H groups in total. The summed E-state index contributed by atoms with van der Waals surface area (Å²) in [6.45, 7) is 4.07. The zero-order valence-electron chi connectivity index (χ0n) is 12.3. The minimum absolute atomic E-state index is 0.114. The summed E-state index contributed by atoms with van der Waals surface area (Å²) in [5.74, 6) is -0.114. The van der Waals surface area contributed by atoms with E-state index in [-0.39, 0.29) is 5.91 Å². The minimum atomic E-state index is -0.114. The van der Waals surface area contributed by atoms with Crippen LogP contribution in [0.2, 0.25) is 0 Å². The second kappa shape index (κ2) is 6.37. The highest BCUT2D eigenvalue weighted by Crippen LogP contribution is 2.14. The van der Waals surface area contributed by atoms with Gasteiger partial charge in [-0.3, -0.25) is 9.48 Å². The summed E-state index contributed by atoms with van der Waals surface area (Å²) in [6.07, 6.45) is 5.08. The molecule has 0 spiro atoms. The van der Waals surface area contributed by atoms with Gasteiger partial charge in [0.25, 0.3) is 5.91 Å². The van der Waals surface area contributed by atoms with Crippen LogP contribution in [0.5, 0.6) is 0 Å². The van der Waals surface area contributed by atoms with Crippen molar-refractivity contribution in [3.05, 3.63) is 47.3 Å². The molecule has 0 aliphatic rings. The number of unbranched alkanes of at least 4 members (excludes halogenated alkanes) is 1. The smallest absolute Gasteiger partial charge is 0.259 e. The minimum Gasteiger partial charge on any atom is -0.322 e. The van der Waals surface area contributed by atoms with Crippen molar-refractivity contribution in [1.29, 1.82) is 0 Å². The molecule has 0 aliphatic heterocycles. The van der Waals surface area contributed by atoms with Gasteiger partial charge in [-0.05, 0) is 37.5 Å². The highest BCUT2D eigenvalue weighted by molar-refractivity contribution is 6.04. The Balaban J connectivity index is 2.03. The lowest BCUT2D eigenvalue weighted by atomic mass is 10.1. The van der Waals surface area contributed by atoms with Crippen molar-refractivity contribution < 1.29 is 4.79 Å². The fourth-order valence-corrected chi connectivity index (χ4v) is 2.06. The SMILES string of the molecule is CCCCc1ccc(NC(=O)c2cnn(C)c2C)cc1. The van der Waals surface area contributed by atoms with Gasteiger partial charge in [0.05, 0.1) is 11.8 Å². The first kappa shape index (κ1) is 14.3. The Labute approximate surface area is 119 Å². The molecule has 20 heavy (non-hydrogen) atoms. The number of rotatable bonds is 5. The maximum absolute atomic E-state index is 12.1. The van der Waals surface area contributed by atoms with E-state index >= 15 is 0 Å². The van der Waals surface area contributed by atoms with Crippen LogP contribution in [-0.4, -0.2) is 15.7 Å². The number of aromatic nitrogens is 2. The van der Waals surface area contributed by atoms with E-state index in [1.807, 2.05) is 26.1 Å². The van der Waals surface area contributed by atoms with Crippen molar-refractivity contribution >= 4 is 11.6 Å². The van der Waals surface area contributed by atoms with Gasteiger partial charge in [0.15, 0.2) is 0 Å². The van der Waals surface area contributed by atoms with Crippen LogP contribution in [-0.2, 0) is 13.5 Å². The molecule has 4 heteroatoms. The molecule has 1 aromatic carbocycles. The van der Waals surface area contributed by atoms with E-state index in [2.05, 4.69) is 29.5 Å². The van der Waals surface area contributed by atoms with E-state index in [0.29, 0.717) is 5.56 Å². The van der Waals surface area contributed by atoms with Crippen LogP contribution < -0.4 is 5.32 Å². The second-order valence-electron chi connectivity index (χ2n) is 5.02. The summed E-state index contributed by atoms with van der Waals surface area (Å²) in [4.78, 5) is 12.1. The first-order valence-corrected chi connectivity index (χ1v) is 7.00. The third-order valence-corrected chi connectivity index (χ3v) is 3.51. The molecule has 2 rings (SSSR count). The average molecular weight is 271 g/mol. The summed E-state index contributed by atoms with van der Waals surface area (Å²) in [7, 11) is 1.83. The monoisotopic (exact) mass is 271 g/mol. The Kier molecular flexibility index (Phi) is 4.56. The van der Waals surface area contributed by atoms with Gasteiger partial charge < -0.3 is 5.32 Å². The number of carbonyl (C=O) groups excluding carboxylic acids is 1. The largest absolute Gasteiger partial charge is 0.322 e. The number of amides is 1. The molecule has 1 amide bonds. The molecule has 0 saturated heterocycles. The lowest BCUT2D eigenvalue weighted by Crippen LogP contribution is -2.12. The van der Waals surface area contributed by atoms with E-state index in [0.717, 1.165) is 17.8 Å². The van der Waals surface area contributed by atoms with Crippen molar-refractivity contribution in [2.45, 2.75) is 33.1 Å². The van der Waals surface area contributed by atoms with Gasteiger partial charge in [0.1, 0.15) is 0 Å². The summed E-state index contributed by atoms with van der Waals surface area (Å²) in [6, 6.07) is 8.05. The normalized spacial score (nSPS) is 10.6. The predicted octanol–water partition coefficient (Wildman–Crippen LogP) is 3.32. The Morgan fingerprint density at radius 1 is 1.30 bits per heavy atom. The zero-order chi connectivity index (χ0) is 14.5. The van der Waals surface area contributed by atoms with Crippen molar-refractivity contribution in [3.63, 3.8) is 0 Å². The maximum atomic E-state index is 12.1. The standard InChI is InChI=1S/C16H21N3O/c1-4-5-6-13-7-9-14(10-8-13)18-16(20)15-11-17-19(3)12(15)2/h7-11H,4-6H2,1-3H3,(H,18,20). The molecule has 0 unspecified atom stereocenters. The average Bonchev–Trinajstić information content (AvgIpc) is 2.78. The zero-order valence-corrected chi connectivity index (χ0v) is 12.3. The third-order valence-electron chi connectivity index (χ3n) is 3.51. The van der Waals surface area contributed by atoms with Crippen LogP contribution in [0.3, 0.4) is 0 Å². The molecule has 0 atom stereocenters. The number of nitrogens with zero attached hydrogens (tertiary/aromatic N) is 2. The van der Waals surface area contributed by atoms with E-state index in [1.165, 1.54) is 18.4 Å². The molecule has 0 radical (unpaired) electrons. The van der Waals surface area contributed by atoms with Gasteiger partial charge in [-0.25, -0.2) is 0 Å². The fourth-order valence-electron chi connectivity index (χ4n) is 2.06. The van der Waals surface area contributed by atoms with Gasteiger partial charge in [0.2, 0.25) is 0 Å². The van der Waals surface area contributed by atoms with Crippen molar-refractivity contribution in [1.82, 2.24) is 9.78 Å². The molecule has 0 fully saturated rings. The first-order valence-electron chi connectivity index (χ1n) is 7.00. The van der Waals surface area contributed by atoms with Gasteiger partial charge in [-0.1, -0.05) is 25.5 Å². The van der Waals surface area contributed by atoms with Crippen LogP contribution in [0.4, 0.5) is 5.69 Å². The van der Waals surface area contributed by atoms with Crippen LogP contribution in [0.1, 0.15) is 41.4 Å². The van der Waals surface area contributed by atoms with E-state index in [9.17, 15) is 4.79 Å². The number of benzene rings is 1. The first-order chi connectivity index (χ1) is 9.61. The molecule has 0 aliphatic carbocycles. The number of anilines is 1. The summed E-state index contributed by atoms with van der Waals surface area (Å²) >= 11 is 0. The van der Waals surface area contributed by atoms with Gasteiger partial charge in [-0.15, -0.1) is 0 Å². The van der Waals surface area contributed by atoms with E-state index in [1.54, 1.807) is 10.9 Å². The maximum Gasteiger partial charge on any atom is 0.259 e. The van der Waals surface area contributed by atoms with Crippen LogP contribution in [0.25, 0.3) is 0 Å². The Morgan fingerprint density at radius 2 is 2.00 bits per heavy atom. The Hall–Kier alpha value is -2.10. The van der Waals surface area contributed by atoms with Crippen LogP contribution in [0, 0.1) is 6.92 Å². The highest BCUT2D eigenvalue weighted by atomic mass is 16.1. The molecular weight excluding hydrogens is 250 g/mol. The second-order valence-corrected chi connectivity index (χ2v) is 5.02. The van der Waals surface area contributed by atoms with Crippen molar-refractivity contribution in [2.24, 2.45) is 7.05 Å². The van der Waals surface area contributed by atoms with E-state index < -0.39 is 0 Å². The number of aryl methyl sites for hydroxylation is 2. The molecule has 2 aromatic rings. The Morgan fingerprint density at radius 3 is 2.55 bits per heavy atom. The molecule has 1 aromatic heterocycles. The fraction of sp³-hybridized carbons (Fsp3) is 0.375. The van der Waals surface area contributed by atoms with Crippen LogP contribution >= 0.6 is 0 Å². The van der Waals surface area contributed by atoms with Gasteiger partial charge >= 0.3 is 0 Å². The van der Waals surface area contributed by atoms with Gasteiger partial charge in [0, 0.05) is 18.4 Å². The summed E-state index contributed by atoms with van der Waals surface area (Å²) in [5, 5.41) is 6.99. The lowest BCUT2D eigenvalue weighted by molar-refractivity contribution is 0.102. The molecule has 1 heterocycles. The lowest BCUT2D eigenvalue weighted by Gasteiger charge is -2.06. The highest BCUT2D eigenvalue weighted by Gasteiger charge is 2.12. The molecular formula is C16H21N3O. The van der Waals surface area contributed by atoms with Crippen molar-refractivity contribution in [2.75, 3.05) is 5.32 Å². The predicted molar refractivity (Wildman–Crippen MR) is 81.0 cm³/mol. The quantitative estimate of drug-likeness (QED) is 0.906. The van der Waals surface area contributed by atoms with E-state index in [4.69, 9.17) is 0 Å². The number of nitrogens with one attached hydrogen (secondary N) is 1. The number of carbonyl (C=O) groups is 1. The number of hydrogen-bond acceptors (Lipinski definition) is 2. The van der Waals surface area contributed by atoms with Crippen molar-refractivity contribution in [3.8, 4) is 0 Å². The third kappa shape index (κ3) is 3.26. The van der Waals surface area contributed by atoms with Crippen LogP contribution in [0.15, 0.2) is 30.5 Å². The molecule has 0 saturated carbocycles. The summed E-state index contributed by atoms with van der Waals surface area (Å²) < 4.78 is 1.70. The molecule has 0 bridgehead atoms. The summed E-state index contributed by atoms with van der Waals surface area (Å²) in [5.41, 5.74) is 3.60. The molecule has 4 nitrogen and oxygen atoms in total. The Bertz CT molecular complexity index is 584.